The van der Waals surface area contributed by atoms with Crippen LogP contribution in [0.15, 0.2) is 60.8 Å². The van der Waals surface area contributed by atoms with Gasteiger partial charge in [-0.15, -0.1) is 0 Å². The van der Waals surface area contributed by atoms with Gasteiger partial charge in [-0.05, 0) is 64.2 Å². The van der Waals surface area contributed by atoms with Crippen LogP contribution in [0.3, 0.4) is 0 Å². The number of likely N-dealkylation sites (N-methyl/N-ethyl adjacent to an activating group) is 2. The molecule has 0 aliphatic carbocycles. The number of benzene rings is 2. The van der Waals surface area contributed by atoms with E-state index in [2.05, 4.69) is 65.9 Å². The summed E-state index contributed by atoms with van der Waals surface area (Å²) in [5.74, 6) is 0.890. The third-order valence-corrected chi connectivity index (χ3v) is 5.11. The van der Waals surface area contributed by atoms with E-state index in [1.165, 1.54) is 11.1 Å². The van der Waals surface area contributed by atoms with Crippen molar-refractivity contribution in [3.05, 3.63) is 71.9 Å². The van der Waals surface area contributed by atoms with Gasteiger partial charge in [-0.25, -0.2) is 0 Å². The van der Waals surface area contributed by atoms with E-state index in [1.54, 1.807) is 0 Å². The standard InChI is InChI=1S/C25H34N4O/c1-19(2)30-24-13-11-21(12-14-24)25-22(17-29(5)27-25)16-28(4)18-23(26-3)15-20-9-7-6-8-10-20/h6-14,17,19,23,26H,15-16,18H2,1-5H3. The summed E-state index contributed by atoms with van der Waals surface area (Å²) >= 11 is 0. The SMILES string of the molecule is CNC(Cc1ccccc1)CN(C)Cc1cn(C)nc1-c1ccc(OC(C)C)cc1. The minimum absolute atomic E-state index is 0.172. The highest BCUT2D eigenvalue weighted by molar-refractivity contribution is 5.63. The van der Waals surface area contributed by atoms with Crippen LogP contribution in [0.1, 0.15) is 25.0 Å². The van der Waals surface area contributed by atoms with E-state index in [1.807, 2.05) is 44.8 Å². The normalized spacial score (nSPS) is 12.5. The molecule has 0 saturated carbocycles. The van der Waals surface area contributed by atoms with E-state index in [9.17, 15) is 0 Å². The first-order chi connectivity index (χ1) is 14.4. The van der Waals surface area contributed by atoms with Gasteiger partial charge in [0.25, 0.3) is 0 Å². The molecule has 2 aromatic carbocycles. The van der Waals surface area contributed by atoms with Crippen molar-refractivity contribution in [3.8, 4) is 17.0 Å². The smallest absolute Gasteiger partial charge is 0.119 e. The fourth-order valence-corrected chi connectivity index (χ4v) is 3.75. The Bertz CT molecular complexity index is 903. The van der Waals surface area contributed by atoms with E-state index in [4.69, 9.17) is 9.84 Å². The number of rotatable bonds is 10. The van der Waals surface area contributed by atoms with Crippen molar-refractivity contribution in [3.63, 3.8) is 0 Å². The summed E-state index contributed by atoms with van der Waals surface area (Å²) in [6.07, 6.45) is 3.31. The van der Waals surface area contributed by atoms with Crippen molar-refractivity contribution < 1.29 is 4.74 Å². The van der Waals surface area contributed by atoms with E-state index in [-0.39, 0.29) is 6.10 Å². The minimum atomic E-state index is 0.172. The van der Waals surface area contributed by atoms with Crippen LogP contribution in [-0.2, 0) is 20.0 Å². The summed E-state index contributed by atoms with van der Waals surface area (Å²) in [5.41, 5.74) is 4.73. The van der Waals surface area contributed by atoms with Gasteiger partial charge >= 0.3 is 0 Å². The largest absolute Gasteiger partial charge is 0.491 e. The molecule has 5 heteroatoms. The minimum Gasteiger partial charge on any atom is -0.491 e. The van der Waals surface area contributed by atoms with Crippen molar-refractivity contribution in [2.45, 2.75) is 39.0 Å². The molecule has 0 aliphatic heterocycles. The van der Waals surface area contributed by atoms with Crippen molar-refractivity contribution >= 4 is 0 Å². The van der Waals surface area contributed by atoms with E-state index in [0.29, 0.717) is 6.04 Å². The predicted octanol–water partition coefficient (Wildman–Crippen LogP) is 4.14. The molecule has 0 aliphatic rings. The van der Waals surface area contributed by atoms with Gasteiger partial charge in [0.2, 0.25) is 0 Å². The molecule has 30 heavy (non-hydrogen) atoms. The van der Waals surface area contributed by atoms with Gasteiger partial charge in [0.05, 0.1) is 11.8 Å². The summed E-state index contributed by atoms with van der Waals surface area (Å²) in [5, 5.41) is 8.19. The first-order valence-electron chi connectivity index (χ1n) is 10.6. The zero-order chi connectivity index (χ0) is 21.5. The molecule has 160 valence electrons. The second kappa shape index (κ2) is 10.4. The highest BCUT2D eigenvalue weighted by atomic mass is 16.5. The van der Waals surface area contributed by atoms with Crippen molar-refractivity contribution in [2.75, 3.05) is 20.6 Å². The quantitative estimate of drug-likeness (QED) is 0.550. The fourth-order valence-electron chi connectivity index (χ4n) is 3.75. The maximum atomic E-state index is 5.77. The van der Waals surface area contributed by atoms with Crippen LogP contribution < -0.4 is 10.1 Å². The number of nitrogens with one attached hydrogen (secondary N) is 1. The molecule has 0 saturated heterocycles. The molecule has 3 aromatic rings. The average Bonchev–Trinajstić information content (AvgIpc) is 3.08. The average molecular weight is 407 g/mol. The van der Waals surface area contributed by atoms with E-state index >= 15 is 0 Å². The van der Waals surface area contributed by atoms with Gasteiger partial charge in [0, 0.05) is 43.5 Å². The molecule has 1 heterocycles. The van der Waals surface area contributed by atoms with Crippen LogP contribution in [0.2, 0.25) is 0 Å². The molecular weight excluding hydrogens is 372 g/mol. The summed E-state index contributed by atoms with van der Waals surface area (Å²) in [6.45, 7) is 5.88. The highest BCUT2D eigenvalue weighted by Crippen LogP contribution is 2.25. The fraction of sp³-hybridized carbons (Fsp3) is 0.400. The third kappa shape index (κ3) is 6.18. The molecule has 0 spiro atoms. The van der Waals surface area contributed by atoms with Crippen LogP contribution in [0.5, 0.6) is 5.75 Å². The lowest BCUT2D eigenvalue weighted by Crippen LogP contribution is -2.39. The number of aromatic nitrogens is 2. The molecule has 5 nitrogen and oxygen atoms in total. The molecule has 0 radical (unpaired) electrons. The number of nitrogens with zero attached hydrogens (tertiary/aromatic N) is 3. The second-order valence-corrected chi connectivity index (χ2v) is 8.24. The molecule has 0 bridgehead atoms. The van der Waals surface area contributed by atoms with Gasteiger partial charge in [0.15, 0.2) is 0 Å². The highest BCUT2D eigenvalue weighted by Gasteiger charge is 2.15. The summed E-state index contributed by atoms with van der Waals surface area (Å²) < 4.78 is 7.67. The zero-order valence-electron chi connectivity index (χ0n) is 18.8. The van der Waals surface area contributed by atoms with Crippen molar-refractivity contribution in [2.24, 2.45) is 7.05 Å². The molecule has 1 aromatic heterocycles. The Kier molecular flexibility index (Phi) is 7.66. The maximum Gasteiger partial charge on any atom is 0.119 e. The number of hydrogen-bond donors (Lipinski definition) is 1. The Morgan fingerprint density at radius 3 is 2.40 bits per heavy atom. The van der Waals surface area contributed by atoms with E-state index < -0.39 is 0 Å². The summed E-state index contributed by atoms with van der Waals surface area (Å²) in [7, 11) is 6.19. The summed E-state index contributed by atoms with van der Waals surface area (Å²) in [4.78, 5) is 2.36. The van der Waals surface area contributed by atoms with Gasteiger partial charge in [-0.3, -0.25) is 4.68 Å². The number of ether oxygens (including phenoxy) is 1. The molecule has 1 atom stereocenters. The Morgan fingerprint density at radius 1 is 1.07 bits per heavy atom. The van der Waals surface area contributed by atoms with Gasteiger partial charge in [0.1, 0.15) is 5.75 Å². The molecule has 0 amide bonds. The molecule has 0 fully saturated rings. The van der Waals surface area contributed by atoms with Gasteiger partial charge < -0.3 is 15.0 Å². The second-order valence-electron chi connectivity index (χ2n) is 8.24. The zero-order valence-corrected chi connectivity index (χ0v) is 18.8. The third-order valence-electron chi connectivity index (χ3n) is 5.11. The topological polar surface area (TPSA) is 42.3 Å². The monoisotopic (exact) mass is 406 g/mol. The molecule has 1 N–H and O–H groups in total. The van der Waals surface area contributed by atoms with Crippen LogP contribution in [-0.4, -0.2) is 47.5 Å². The van der Waals surface area contributed by atoms with Crippen molar-refractivity contribution in [1.29, 1.82) is 0 Å². The Balaban J connectivity index is 1.67. The molecule has 3 rings (SSSR count). The van der Waals surface area contributed by atoms with Crippen LogP contribution in [0.25, 0.3) is 11.3 Å². The van der Waals surface area contributed by atoms with E-state index in [0.717, 1.165) is 36.5 Å². The van der Waals surface area contributed by atoms with Crippen molar-refractivity contribution in [1.82, 2.24) is 20.0 Å². The first kappa shape index (κ1) is 22.1. The maximum absolute atomic E-state index is 5.77. The molecular formula is C25H34N4O. The Labute approximate surface area is 180 Å². The van der Waals surface area contributed by atoms with Crippen LogP contribution in [0, 0.1) is 0 Å². The molecule has 1 unspecified atom stereocenters. The lowest BCUT2D eigenvalue weighted by atomic mass is 10.0. The first-order valence-corrected chi connectivity index (χ1v) is 10.6. The van der Waals surface area contributed by atoms with Crippen LogP contribution in [0.4, 0.5) is 0 Å². The summed E-state index contributed by atoms with van der Waals surface area (Å²) in [6, 6.07) is 19.3. The Morgan fingerprint density at radius 2 is 1.77 bits per heavy atom. The van der Waals surface area contributed by atoms with Gasteiger partial charge in [-0.1, -0.05) is 30.3 Å². The predicted molar refractivity (Wildman–Crippen MR) is 124 cm³/mol. The Hall–Kier alpha value is -2.63. The number of hydrogen-bond acceptors (Lipinski definition) is 4. The van der Waals surface area contributed by atoms with Gasteiger partial charge in [-0.2, -0.15) is 5.10 Å². The number of aryl methyl sites for hydroxylation is 1. The lowest BCUT2D eigenvalue weighted by molar-refractivity contribution is 0.242. The lowest BCUT2D eigenvalue weighted by Gasteiger charge is -2.24. The van der Waals surface area contributed by atoms with Crippen LogP contribution >= 0.6 is 0 Å².